The first kappa shape index (κ1) is 21.2. The summed E-state index contributed by atoms with van der Waals surface area (Å²) in [6.07, 6.45) is 1.97. The first-order valence-electron chi connectivity index (χ1n) is 10.6. The lowest BCUT2D eigenvalue weighted by atomic mass is 9.69. The number of methoxy groups -OCH3 is 2. The fourth-order valence-electron chi connectivity index (χ4n) is 5.16. The van der Waals surface area contributed by atoms with Crippen LogP contribution >= 0.6 is 22.9 Å². The number of benzene rings is 1. The molecule has 4 heterocycles. The van der Waals surface area contributed by atoms with Gasteiger partial charge in [0.1, 0.15) is 28.4 Å². The number of fused-ring (bicyclic) bond motifs is 2. The maximum atomic E-state index is 14.4. The maximum absolute atomic E-state index is 14.4. The summed E-state index contributed by atoms with van der Waals surface area (Å²) < 4.78 is 18.9. The molecule has 1 spiro atoms. The Hall–Kier alpha value is -3.37. The van der Waals surface area contributed by atoms with Gasteiger partial charge in [0.2, 0.25) is 23.1 Å². The van der Waals surface area contributed by atoms with Crippen LogP contribution in [0.15, 0.2) is 40.5 Å². The number of thiophene rings is 1. The van der Waals surface area contributed by atoms with Gasteiger partial charge in [-0.2, -0.15) is 11.3 Å². The van der Waals surface area contributed by atoms with Gasteiger partial charge in [0, 0.05) is 23.3 Å². The van der Waals surface area contributed by atoms with Crippen LogP contribution in [-0.2, 0) is 4.79 Å². The zero-order chi connectivity index (χ0) is 23.8. The highest BCUT2D eigenvalue weighted by atomic mass is 35.5. The minimum absolute atomic E-state index is 0.105. The maximum Gasteiger partial charge on any atom is 0.236 e. The molecule has 0 saturated carbocycles. The number of nitrogens with one attached hydrogen (secondary N) is 1. The van der Waals surface area contributed by atoms with E-state index in [0.717, 1.165) is 5.56 Å². The lowest BCUT2D eigenvalue weighted by Crippen LogP contribution is -2.58. The predicted octanol–water partition coefficient (Wildman–Crippen LogP) is 3.90. The van der Waals surface area contributed by atoms with E-state index in [1.165, 1.54) is 31.6 Å². The quantitative estimate of drug-likeness (QED) is 0.542. The summed E-state index contributed by atoms with van der Waals surface area (Å²) in [5.74, 6) is -0.183. The van der Waals surface area contributed by atoms with Crippen molar-refractivity contribution in [2.45, 2.75) is 25.0 Å². The normalized spacial score (nSPS) is 24.9. The van der Waals surface area contributed by atoms with E-state index in [1.807, 2.05) is 23.8 Å². The van der Waals surface area contributed by atoms with Crippen LogP contribution in [0.25, 0.3) is 0 Å². The largest absolute Gasteiger partial charge is 0.496 e. The van der Waals surface area contributed by atoms with Gasteiger partial charge in [-0.3, -0.25) is 14.2 Å². The summed E-state index contributed by atoms with van der Waals surface area (Å²) in [5.41, 5.74) is 0.443. The van der Waals surface area contributed by atoms with Crippen LogP contribution in [0.3, 0.4) is 0 Å². The number of Topliss-reactive ketones (excluding diaryl/α,β-unsaturated/α-hetero) is 2. The van der Waals surface area contributed by atoms with Gasteiger partial charge in [0.05, 0.1) is 20.3 Å². The van der Waals surface area contributed by atoms with Gasteiger partial charge < -0.3 is 19.5 Å². The molecule has 34 heavy (non-hydrogen) atoms. The van der Waals surface area contributed by atoms with E-state index in [0.29, 0.717) is 29.4 Å². The molecule has 1 aromatic carbocycles. The molecule has 0 saturated heterocycles. The SMILES string of the molecule is COc1cc(OC)c2c(c1Cl)O[C@@]1(C(=O)C3=C(C[C@H]1C)Nc1nncn1[C@@H]3c1ccsc1)C2=O. The monoisotopic (exact) mass is 498 g/mol. The Kier molecular flexibility index (Phi) is 4.56. The third kappa shape index (κ3) is 2.55. The molecule has 2 aliphatic heterocycles. The summed E-state index contributed by atoms with van der Waals surface area (Å²) in [5, 5.41) is 15.5. The number of carbonyl (C=O) groups excluding carboxylic acids is 2. The minimum atomic E-state index is -1.77. The zero-order valence-corrected chi connectivity index (χ0v) is 20.0. The van der Waals surface area contributed by atoms with Gasteiger partial charge >= 0.3 is 0 Å². The van der Waals surface area contributed by atoms with Crippen molar-refractivity contribution in [3.8, 4) is 17.2 Å². The average molecular weight is 499 g/mol. The van der Waals surface area contributed by atoms with Gasteiger partial charge in [-0.1, -0.05) is 18.5 Å². The number of hydrogen-bond acceptors (Lipinski definition) is 9. The summed E-state index contributed by atoms with van der Waals surface area (Å²) in [6.45, 7) is 1.82. The summed E-state index contributed by atoms with van der Waals surface area (Å²) >= 11 is 8.06. The molecule has 1 aliphatic carbocycles. The molecular weight excluding hydrogens is 480 g/mol. The smallest absolute Gasteiger partial charge is 0.236 e. The van der Waals surface area contributed by atoms with Crippen LogP contribution < -0.4 is 19.5 Å². The Morgan fingerprint density at radius 2 is 2.06 bits per heavy atom. The van der Waals surface area contributed by atoms with Crippen molar-refractivity contribution >= 4 is 40.5 Å². The van der Waals surface area contributed by atoms with E-state index in [1.54, 1.807) is 10.9 Å². The number of hydrogen-bond donors (Lipinski definition) is 1. The molecule has 0 fully saturated rings. The molecule has 6 rings (SSSR count). The first-order valence-corrected chi connectivity index (χ1v) is 11.9. The number of nitrogens with zero attached hydrogens (tertiary/aromatic N) is 3. The number of halogens is 1. The molecule has 0 radical (unpaired) electrons. The van der Waals surface area contributed by atoms with Crippen molar-refractivity contribution < 1.29 is 23.8 Å². The van der Waals surface area contributed by atoms with Crippen molar-refractivity contribution in [1.29, 1.82) is 0 Å². The number of ketones is 2. The fourth-order valence-corrected chi connectivity index (χ4v) is 6.10. The topological polar surface area (TPSA) is 105 Å². The van der Waals surface area contributed by atoms with E-state index in [4.69, 9.17) is 25.8 Å². The second-order valence-corrected chi connectivity index (χ2v) is 9.60. The highest BCUT2D eigenvalue weighted by molar-refractivity contribution is 7.08. The lowest BCUT2D eigenvalue weighted by molar-refractivity contribution is -0.130. The zero-order valence-electron chi connectivity index (χ0n) is 18.4. The Balaban J connectivity index is 1.54. The highest BCUT2D eigenvalue weighted by Gasteiger charge is 2.63. The Labute approximate surface area is 203 Å². The molecule has 3 aliphatic rings. The van der Waals surface area contributed by atoms with E-state index in [9.17, 15) is 9.59 Å². The average Bonchev–Trinajstić information content (AvgIpc) is 3.57. The van der Waals surface area contributed by atoms with Crippen LogP contribution in [0.5, 0.6) is 17.2 Å². The third-order valence-electron chi connectivity index (χ3n) is 6.78. The fraction of sp³-hybridized carbons (Fsp3) is 0.304. The Morgan fingerprint density at radius 3 is 2.76 bits per heavy atom. The molecule has 0 amide bonds. The molecule has 0 bridgehead atoms. The third-order valence-corrected chi connectivity index (χ3v) is 7.84. The summed E-state index contributed by atoms with van der Waals surface area (Å²) in [4.78, 5) is 28.4. The standard InChI is InChI=1S/C23H19ClN4O5S/c1-10-6-12-15(18(11-4-5-34-8-11)28-9-25-27-22(28)26-12)20(29)23(10)21(30)16-13(31-2)7-14(32-3)17(24)19(16)33-23/h4-5,7-10,18H,6H2,1-3H3,(H,26,27)/t10-,18-,23+/m1/s1. The van der Waals surface area contributed by atoms with Crippen LogP contribution in [0.2, 0.25) is 5.02 Å². The lowest BCUT2D eigenvalue weighted by Gasteiger charge is -2.42. The van der Waals surface area contributed by atoms with Crippen LogP contribution in [0.4, 0.5) is 5.95 Å². The molecule has 3 aromatic rings. The summed E-state index contributed by atoms with van der Waals surface area (Å²) in [6, 6.07) is 2.99. The molecule has 1 N–H and O–H groups in total. The molecule has 11 heteroatoms. The Bertz CT molecular complexity index is 1400. The molecule has 0 unspecified atom stereocenters. The van der Waals surface area contributed by atoms with Gasteiger partial charge in [0.25, 0.3) is 0 Å². The van der Waals surface area contributed by atoms with E-state index < -0.39 is 29.1 Å². The Morgan fingerprint density at radius 1 is 1.26 bits per heavy atom. The van der Waals surface area contributed by atoms with Crippen molar-refractivity contribution in [3.63, 3.8) is 0 Å². The minimum Gasteiger partial charge on any atom is -0.496 e. The van der Waals surface area contributed by atoms with E-state index in [-0.39, 0.29) is 22.1 Å². The number of rotatable bonds is 3. The van der Waals surface area contributed by atoms with E-state index >= 15 is 0 Å². The van der Waals surface area contributed by atoms with Gasteiger partial charge in [-0.05, 0) is 28.8 Å². The molecule has 3 atom stereocenters. The van der Waals surface area contributed by atoms with Crippen molar-refractivity contribution in [3.05, 3.63) is 56.6 Å². The second kappa shape index (κ2) is 7.31. The van der Waals surface area contributed by atoms with Crippen LogP contribution in [-0.4, -0.2) is 46.2 Å². The number of ether oxygens (including phenoxy) is 3. The van der Waals surface area contributed by atoms with E-state index in [2.05, 4.69) is 15.5 Å². The number of aromatic nitrogens is 3. The number of anilines is 1. The van der Waals surface area contributed by atoms with Gasteiger partial charge in [-0.15, -0.1) is 10.2 Å². The number of carbonyl (C=O) groups is 2. The summed E-state index contributed by atoms with van der Waals surface area (Å²) in [7, 11) is 2.90. The van der Waals surface area contributed by atoms with Crippen molar-refractivity contribution in [2.24, 2.45) is 5.92 Å². The number of allylic oxidation sites excluding steroid dienone is 1. The van der Waals surface area contributed by atoms with Crippen LogP contribution in [0, 0.1) is 5.92 Å². The van der Waals surface area contributed by atoms with Crippen molar-refractivity contribution in [1.82, 2.24) is 14.8 Å². The molecule has 2 aromatic heterocycles. The van der Waals surface area contributed by atoms with Gasteiger partial charge in [0.15, 0.2) is 5.75 Å². The second-order valence-electron chi connectivity index (χ2n) is 8.44. The highest BCUT2D eigenvalue weighted by Crippen LogP contribution is 2.55. The molecular formula is C23H19ClN4O5S. The van der Waals surface area contributed by atoms with Crippen LogP contribution in [0.1, 0.15) is 35.3 Å². The molecule has 174 valence electrons. The van der Waals surface area contributed by atoms with Gasteiger partial charge in [-0.25, -0.2) is 0 Å². The molecule has 9 nitrogen and oxygen atoms in total. The van der Waals surface area contributed by atoms with Crippen molar-refractivity contribution in [2.75, 3.05) is 19.5 Å². The predicted molar refractivity (Wildman–Crippen MR) is 124 cm³/mol. The first-order chi connectivity index (χ1) is 16.4.